The van der Waals surface area contributed by atoms with E-state index in [9.17, 15) is 14.3 Å². The first-order valence-corrected chi connectivity index (χ1v) is 6.00. The Kier molecular flexibility index (Phi) is 4.71. The molecule has 0 spiro atoms. The summed E-state index contributed by atoms with van der Waals surface area (Å²) < 4.78 is 12.1. The van der Waals surface area contributed by atoms with Crippen LogP contribution in [0.4, 0.5) is 4.39 Å². The molecule has 1 aliphatic rings. The maximum absolute atomic E-state index is 12.1. The number of carbonyl (C=O) groups is 1. The van der Waals surface area contributed by atoms with Crippen molar-refractivity contribution in [2.24, 2.45) is 11.3 Å². The average molecular weight is 231 g/mol. The molecule has 16 heavy (non-hydrogen) atoms. The number of hydrogen-bond donors (Lipinski definition) is 1. The van der Waals surface area contributed by atoms with Gasteiger partial charge in [0.25, 0.3) is 0 Å². The van der Waals surface area contributed by atoms with E-state index in [1.165, 1.54) is 0 Å². The molecule has 1 atom stereocenters. The summed E-state index contributed by atoms with van der Waals surface area (Å²) in [7, 11) is 0. The average Bonchev–Trinajstić information content (AvgIpc) is 2.26. The van der Waals surface area contributed by atoms with Crippen molar-refractivity contribution in [3.05, 3.63) is 0 Å². The number of halogens is 1. The number of carboxylic acid groups (broad SMARTS) is 1. The summed E-state index contributed by atoms with van der Waals surface area (Å²) in [5.74, 6) is -0.553. The molecule has 1 aliphatic heterocycles. The summed E-state index contributed by atoms with van der Waals surface area (Å²) in [5.41, 5.74) is -0.672. The number of piperidine rings is 1. The minimum Gasteiger partial charge on any atom is -0.481 e. The molecule has 4 heteroatoms. The zero-order valence-electron chi connectivity index (χ0n) is 10.2. The van der Waals surface area contributed by atoms with E-state index < -0.39 is 11.4 Å². The highest BCUT2D eigenvalue weighted by Gasteiger charge is 2.38. The quantitative estimate of drug-likeness (QED) is 0.788. The predicted molar refractivity (Wildman–Crippen MR) is 61.2 cm³/mol. The van der Waals surface area contributed by atoms with Crippen molar-refractivity contribution in [2.45, 2.75) is 33.1 Å². The minimum atomic E-state index is -0.732. The molecule has 0 bridgehead atoms. The van der Waals surface area contributed by atoms with Crippen LogP contribution in [-0.2, 0) is 4.79 Å². The number of alkyl halides is 1. The topological polar surface area (TPSA) is 40.5 Å². The molecule has 1 unspecified atom stereocenters. The second kappa shape index (κ2) is 5.62. The number of carboxylic acids is 1. The number of rotatable bonds is 5. The maximum atomic E-state index is 12.1. The molecule has 0 aliphatic carbocycles. The van der Waals surface area contributed by atoms with Gasteiger partial charge >= 0.3 is 5.97 Å². The normalized spacial score (nSPS) is 23.3. The molecule has 94 valence electrons. The van der Waals surface area contributed by atoms with Gasteiger partial charge in [0, 0.05) is 13.1 Å². The van der Waals surface area contributed by atoms with Crippen molar-refractivity contribution in [2.75, 3.05) is 26.3 Å². The molecule has 1 N–H and O–H groups in total. The zero-order valence-corrected chi connectivity index (χ0v) is 10.2. The second-order valence-electron chi connectivity index (χ2n) is 5.21. The van der Waals surface area contributed by atoms with Crippen LogP contribution >= 0.6 is 0 Å². The Morgan fingerprint density at radius 3 is 2.81 bits per heavy atom. The highest BCUT2D eigenvalue weighted by Crippen LogP contribution is 2.34. The van der Waals surface area contributed by atoms with Crippen LogP contribution in [0.1, 0.15) is 33.1 Å². The molecule has 0 saturated carbocycles. The summed E-state index contributed by atoms with van der Waals surface area (Å²) in [4.78, 5) is 13.4. The van der Waals surface area contributed by atoms with Gasteiger partial charge in [-0.25, -0.2) is 0 Å². The third kappa shape index (κ3) is 3.17. The molecule has 1 fully saturated rings. The third-order valence-corrected chi connectivity index (χ3v) is 3.69. The Hall–Kier alpha value is -0.640. The fourth-order valence-electron chi connectivity index (χ4n) is 2.31. The van der Waals surface area contributed by atoms with Gasteiger partial charge in [0.1, 0.15) is 0 Å². The van der Waals surface area contributed by atoms with E-state index in [1.54, 1.807) is 13.8 Å². The Morgan fingerprint density at radius 2 is 2.25 bits per heavy atom. The lowest BCUT2D eigenvalue weighted by Crippen LogP contribution is -2.45. The highest BCUT2D eigenvalue weighted by atomic mass is 19.1. The van der Waals surface area contributed by atoms with Crippen LogP contribution in [-0.4, -0.2) is 42.3 Å². The zero-order chi connectivity index (χ0) is 12.2. The standard InChI is InChI=1S/C12H22FNO2/c1-12(2,11(15)16)10-5-3-7-14(9-10)8-4-6-13/h10H,3-9H2,1-2H3,(H,15,16). The van der Waals surface area contributed by atoms with Crippen LogP contribution in [0.25, 0.3) is 0 Å². The molecule has 0 radical (unpaired) electrons. The van der Waals surface area contributed by atoms with Gasteiger partial charge in [-0.1, -0.05) is 0 Å². The lowest BCUT2D eigenvalue weighted by atomic mass is 9.74. The number of hydrogen-bond acceptors (Lipinski definition) is 2. The number of likely N-dealkylation sites (tertiary alicyclic amines) is 1. The van der Waals surface area contributed by atoms with E-state index in [-0.39, 0.29) is 12.6 Å². The fraction of sp³-hybridized carbons (Fsp3) is 0.917. The Labute approximate surface area is 96.6 Å². The smallest absolute Gasteiger partial charge is 0.309 e. The van der Waals surface area contributed by atoms with Gasteiger partial charge in [0.2, 0.25) is 0 Å². The molecular weight excluding hydrogens is 209 g/mol. The Bertz CT molecular complexity index is 243. The lowest BCUT2D eigenvalue weighted by Gasteiger charge is -2.39. The predicted octanol–water partition coefficient (Wildman–Crippen LogP) is 2.17. The molecule has 1 saturated heterocycles. The first-order chi connectivity index (χ1) is 7.48. The second-order valence-corrected chi connectivity index (χ2v) is 5.21. The van der Waals surface area contributed by atoms with E-state index in [4.69, 9.17) is 0 Å². The van der Waals surface area contributed by atoms with Gasteiger partial charge in [-0.3, -0.25) is 9.18 Å². The van der Waals surface area contributed by atoms with Crippen LogP contribution in [0.5, 0.6) is 0 Å². The van der Waals surface area contributed by atoms with Crippen LogP contribution in [0.3, 0.4) is 0 Å². The number of aliphatic carboxylic acids is 1. The van der Waals surface area contributed by atoms with Crippen molar-refractivity contribution in [1.29, 1.82) is 0 Å². The van der Waals surface area contributed by atoms with Gasteiger partial charge in [0.05, 0.1) is 12.1 Å². The molecule has 3 nitrogen and oxygen atoms in total. The van der Waals surface area contributed by atoms with Crippen molar-refractivity contribution >= 4 is 5.97 Å². The molecule has 0 aromatic heterocycles. The van der Waals surface area contributed by atoms with Gasteiger partial charge < -0.3 is 10.0 Å². The molecule has 1 rings (SSSR count). The van der Waals surface area contributed by atoms with E-state index in [1.807, 2.05) is 0 Å². The first-order valence-electron chi connectivity index (χ1n) is 6.00. The van der Waals surface area contributed by atoms with Crippen LogP contribution in [0, 0.1) is 11.3 Å². The van der Waals surface area contributed by atoms with Gasteiger partial charge in [0.15, 0.2) is 0 Å². The number of nitrogens with zero attached hydrogens (tertiary/aromatic N) is 1. The van der Waals surface area contributed by atoms with Gasteiger partial charge in [-0.2, -0.15) is 0 Å². The van der Waals surface area contributed by atoms with Crippen LogP contribution in [0.15, 0.2) is 0 Å². The van der Waals surface area contributed by atoms with E-state index >= 15 is 0 Å². The summed E-state index contributed by atoms with van der Waals surface area (Å²) in [6, 6.07) is 0. The Morgan fingerprint density at radius 1 is 1.56 bits per heavy atom. The van der Waals surface area contributed by atoms with Crippen molar-refractivity contribution in [3.8, 4) is 0 Å². The Balaban J connectivity index is 2.53. The minimum absolute atomic E-state index is 0.179. The molecule has 0 amide bonds. The van der Waals surface area contributed by atoms with Crippen molar-refractivity contribution in [3.63, 3.8) is 0 Å². The van der Waals surface area contributed by atoms with Gasteiger partial charge in [-0.15, -0.1) is 0 Å². The molecular formula is C12H22FNO2. The van der Waals surface area contributed by atoms with Crippen molar-refractivity contribution < 1.29 is 14.3 Å². The van der Waals surface area contributed by atoms with Crippen molar-refractivity contribution in [1.82, 2.24) is 4.90 Å². The molecule has 0 aromatic rings. The SMILES string of the molecule is CC(C)(C(=O)O)C1CCCN(CCCF)C1. The van der Waals surface area contributed by atoms with E-state index in [0.29, 0.717) is 6.42 Å². The van der Waals surface area contributed by atoms with Crippen LogP contribution in [0.2, 0.25) is 0 Å². The van der Waals surface area contributed by atoms with E-state index in [2.05, 4.69) is 4.90 Å². The maximum Gasteiger partial charge on any atom is 0.309 e. The highest BCUT2D eigenvalue weighted by molar-refractivity contribution is 5.74. The summed E-state index contributed by atoms with van der Waals surface area (Å²) in [6.45, 7) is 5.81. The first kappa shape index (κ1) is 13.4. The summed E-state index contributed by atoms with van der Waals surface area (Å²) in [5, 5.41) is 9.18. The van der Waals surface area contributed by atoms with E-state index in [0.717, 1.165) is 32.5 Å². The summed E-state index contributed by atoms with van der Waals surface area (Å²) >= 11 is 0. The fourth-order valence-corrected chi connectivity index (χ4v) is 2.31. The monoisotopic (exact) mass is 231 g/mol. The van der Waals surface area contributed by atoms with Gasteiger partial charge in [-0.05, 0) is 45.6 Å². The molecule has 1 heterocycles. The lowest BCUT2D eigenvalue weighted by molar-refractivity contribution is -0.151. The summed E-state index contributed by atoms with van der Waals surface area (Å²) in [6.07, 6.45) is 2.54. The molecule has 0 aromatic carbocycles. The largest absolute Gasteiger partial charge is 0.481 e. The third-order valence-electron chi connectivity index (χ3n) is 3.69. The van der Waals surface area contributed by atoms with Crippen LogP contribution < -0.4 is 0 Å².